The van der Waals surface area contributed by atoms with Crippen molar-refractivity contribution in [3.8, 4) is 11.8 Å². The van der Waals surface area contributed by atoms with E-state index in [1.165, 1.54) is 6.20 Å². The number of H-pyrrole nitrogens is 2. The molecule has 0 aliphatic rings. The molecule has 33 heavy (non-hydrogen) atoms. The number of ketones is 1. The topological polar surface area (TPSA) is 128 Å². The Morgan fingerprint density at radius 2 is 2.00 bits per heavy atom. The second-order valence-electron chi connectivity index (χ2n) is 8.48. The number of hydrogen-bond acceptors (Lipinski definition) is 5. The number of nitriles is 1. The van der Waals surface area contributed by atoms with Crippen LogP contribution in [0.2, 0.25) is 0 Å². The lowest BCUT2D eigenvalue weighted by molar-refractivity contribution is -0.125. The molecule has 3 rings (SSSR count). The maximum absolute atomic E-state index is 13.0. The van der Waals surface area contributed by atoms with Gasteiger partial charge in [0.05, 0.1) is 18.9 Å². The predicted octanol–water partition coefficient (Wildman–Crippen LogP) is 3.35. The fourth-order valence-corrected chi connectivity index (χ4v) is 3.90. The zero-order valence-corrected chi connectivity index (χ0v) is 19.0. The lowest BCUT2D eigenvalue weighted by atomic mass is 9.90. The van der Waals surface area contributed by atoms with Gasteiger partial charge in [0.25, 0.3) is 5.56 Å². The molecule has 2 atom stereocenters. The van der Waals surface area contributed by atoms with Gasteiger partial charge in [-0.2, -0.15) is 5.26 Å². The average molecular weight is 449 g/mol. The van der Waals surface area contributed by atoms with E-state index in [2.05, 4.69) is 15.3 Å². The number of Topliss-reactive ketones (excluding diaryl/α,β-unsaturated/α-hetero) is 1. The Bertz CT molecular complexity index is 1230. The first-order valence-corrected chi connectivity index (χ1v) is 10.9. The van der Waals surface area contributed by atoms with Crippen LogP contribution in [0.3, 0.4) is 0 Å². The number of aromatic amines is 2. The average Bonchev–Trinajstić information content (AvgIpc) is 3.24. The Hall–Kier alpha value is -3.86. The quantitative estimate of drug-likeness (QED) is 0.410. The first-order chi connectivity index (χ1) is 15.8. The molecular formula is C25H28N4O4. The molecule has 8 nitrogen and oxygen atoms in total. The molecule has 0 aliphatic carbocycles. The Labute approximate surface area is 192 Å². The van der Waals surface area contributed by atoms with Crippen molar-refractivity contribution in [3.63, 3.8) is 0 Å². The van der Waals surface area contributed by atoms with Crippen LogP contribution in [0.5, 0.6) is 5.75 Å². The van der Waals surface area contributed by atoms with E-state index in [-0.39, 0.29) is 36.0 Å². The molecule has 0 bridgehead atoms. The smallest absolute Gasteiger partial charge is 0.251 e. The normalized spacial score (nSPS) is 12.8. The molecule has 2 heterocycles. The Morgan fingerprint density at radius 3 is 2.67 bits per heavy atom. The Morgan fingerprint density at radius 1 is 1.21 bits per heavy atom. The largest absolute Gasteiger partial charge is 0.496 e. The summed E-state index contributed by atoms with van der Waals surface area (Å²) in [5, 5.41) is 13.0. The van der Waals surface area contributed by atoms with E-state index in [9.17, 15) is 19.6 Å². The summed E-state index contributed by atoms with van der Waals surface area (Å²) in [5.74, 6) is -0.330. The number of methoxy groups -OCH3 is 1. The Kier molecular flexibility index (Phi) is 7.67. The third kappa shape index (κ3) is 5.89. The van der Waals surface area contributed by atoms with Crippen LogP contribution < -0.4 is 15.6 Å². The summed E-state index contributed by atoms with van der Waals surface area (Å²) in [6, 6.07) is 11.7. The minimum Gasteiger partial charge on any atom is -0.496 e. The van der Waals surface area contributed by atoms with Crippen LogP contribution in [-0.4, -0.2) is 34.8 Å². The van der Waals surface area contributed by atoms with Gasteiger partial charge in [-0.1, -0.05) is 26.0 Å². The molecule has 2 unspecified atom stereocenters. The lowest BCUT2D eigenvalue weighted by Gasteiger charge is -2.20. The maximum Gasteiger partial charge on any atom is 0.251 e. The van der Waals surface area contributed by atoms with E-state index in [0.717, 1.165) is 10.9 Å². The maximum atomic E-state index is 13.0. The van der Waals surface area contributed by atoms with Crippen molar-refractivity contribution in [1.82, 2.24) is 15.3 Å². The highest BCUT2D eigenvalue weighted by Gasteiger charge is 2.27. The molecule has 1 aromatic carbocycles. The van der Waals surface area contributed by atoms with E-state index in [1.807, 2.05) is 38.1 Å². The molecule has 0 fully saturated rings. The third-order valence-corrected chi connectivity index (χ3v) is 5.50. The summed E-state index contributed by atoms with van der Waals surface area (Å²) >= 11 is 0. The fraction of sp³-hybridized carbons (Fsp3) is 0.360. The molecule has 8 heteroatoms. The van der Waals surface area contributed by atoms with E-state index in [0.29, 0.717) is 23.4 Å². The van der Waals surface area contributed by atoms with Crippen LogP contribution in [-0.2, 0) is 11.2 Å². The number of amides is 1. The number of nitrogens with one attached hydrogen (secondary N) is 3. The van der Waals surface area contributed by atoms with Gasteiger partial charge < -0.3 is 20.0 Å². The fourth-order valence-electron chi connectivity index (χ4n) is 3.90. The van der Waals surface area contributed by atoms with Crippen LogP contribution in [0.25, 0.3) is 10.9 Å². The van der Waals surface area contributed by atoms with Crippen molar-refractivity contribution < 1.29 is 14.3 Å². The number of aromatic nitrogens is 2. The molecule has 0 aliphatic heterocycles. The molecule has 0 radical (unpaired) electrons. The lowest BCUT2D eigenvalue weighted by Crippen LogP contribution is -2.41. The molecule has 3 aromatic rings. The second-order valence-corrected chi connectivity index (χ2v) is 8.48. The van der Waals surface area contributed by atoms with E-state index in [1.54, 1.807) is 25.3 Å². The zero-order chi connectivity index (χ0) is 24.0. The summed E-state index contributed by atoms with van der Waals surface area (Å²) in [6.07, 6.45) is 2.09. The summed E-state index contributed by atoms with van der Waals surface area (Å²) in [4.78, 5) is 43.7. The number of ether oxygens (including phenoxy) is 1. The minimum atomic E-state index is -0.872. The van der Waals surface area contributed by atoms with Crippen molar-refractivity contribution in [1.29, 1.82) is 5.26 Å². The van der Waals surface area contributed by atoms with Gasteiger partial charge in [0.1, 0.15) is 11.8 Å². The van der Waals surface area contributed by atoms with Crippen molar-refractivity contribution >= 4 is 22.6 Å². The van der Waals surface area contributed by atoms with Gasteiger partial charge in [-0.05, 0) is 36.6 Å². The molecule has 2 aromatic heterocycles. The summed E-state index contributed by atoms with van der Waals surface area (Å²) < 4.78 is 5.36. The standard InChI is InChI=1S/C25H28N4O4/c1-15(2)10-17(25(32)28-18(14-26)11-16-6-5-9-27-24(16)31)12-22(30)21-13-19-20(29-21)7-4-8-23(19)33-3/h4-9,13,15,17-18,29H,10-12H2,1-3H3,(H,27,31)(H,28,32). The molecule has 1 amide bonds. The third-order valence-electron chi connectivity index (χ3n) is 5.50. The summed E-state index contributed by atoms with van der Waals surface area (Å²) in [6.45, 7) is 3.95. The van der Waals surface area contributed by atoms with Gasteiger partial charge in [0, 0.05) is 41.4 Å². The van der Waals surface area contributed by atoms with E-state index >= 15 is 0 Å². The Balaban J connectivity index is 1.75. The van der Waals surface area contributed by atoms with Crippen molar-refractivity contribution in [2.24, 2.45) is 11.8 Å². The van der Waals surface area contributed by atoms with Crippen LogP contribution in [0.15, 0.2) is 47.4 Å². The molecule has 172 valence electrons. The van der Waals surface area contributed by atoms with Crippen LogP contribution >= 0.6 is 0 Å². The highest BCUT2D eigenvalue weighted by atomic mass is 16.5. The van der Waals surface area contributed by atoms with E-state index < -0.39 is 12.0 Å². The van der Waals surface area contributed by atoms with Crippen molar-refractivity contribution in [2.75, 3.05) is 7.11 Å². The predicted molar refractivity (Wildman–Crippen MR) is 125 cm³/mol. The molecule has 3 N–H and O–H groups in total. The number of hydrogen-bond donors (Lipinski definition) is 3. The summed E-state index contributed by atoms with van der Waals surface area (Å²) in [7, 11) is 1.57. The first kappa shape index (κ1) is 23.8. The number of carbonyl (C=O) groups excluding carboxylic acids is 2. The van der Waals surface area contributed by atoms with Crippen LogP contribution in [0, 0.1) is 23.2 Å². The monoisotopic (exact) mass is 448 g/mol. The van der Waals surface area contributed by atoms with Gasteiger partial charge in [0.2, 0.25) is 5.91 Å². The number of carbonyl (C=O) groups is 2. The van der Waals surface area contributed by atoms with Gasteiger partial charge in [-0.25, -0.2) is 0 Å². The van der Waals surface area contributed by atoms with E-state index in [4.69, 9.17) is 4.74 Å². The number of pyridine rings is 1. The zero-order valence-electron chi connectivity index (χ0n) is 19.0. The van der Waals surface area contributed by atoms with Crippen molar-refractivity contribution in [3.05, 3.63) is 64.2 Å². The van der Waals surface area contributed by atoms with Gasteiger partial charge in [0.15, 0.2) is 5.78 Å². The van der Waals surface area contributed by atoms with Crippen LogP contribution in [0.4, 0.5) is 0 Å². The molecular weight excluding hydrogens is 420 g/mol. The van der Waals surface area contributed by atoms with Gasteiger partial charge >= 0.3 is 0 Å². The second kappa shape index (κ2) is 10.6. The molecule has 0 saturated heterocycles. The number of fused-ring (bicyclic) bond motifs is 1. The highest BCUT2D eigenvalue weighted by molar-refractivity contribution is 6.02. The number of rotatable bonds is 10. The summed E-state index contributed by atoms with van der Waals surface area (Å²) in [5.41, 5.74) is 1.30. The molecule has 0 spiro atoms. The molecule has 0 saturated carbocycles. The van der Waals surface area contributed by atoms with Gasteiger partial charge in [-0.3, -0.25) is 14.4 Å². The minimum absolute atomic E-state index is 0.00319. The first-order valence-electron chi connectivity index (χ1n) is 10.9. The number of nitrogens with zero attached hydrogens (tertiary/aromatic N) is 1. The highest BCUT2D eigenvalue weighted by Crippen LogP contribution is 2.27. The number of benzene rings is 1. The van der Waals surface area contributed by atoms with Gasteiger partial charge in [-0.15, -0.1) is 0 Å². The van der Waals surface area contributed by atoms with Crippen molar-refractivity contribution in [2.45, 2.75) is 39.2 Å². The van der Waals surface area contributed by atoms with Crippen LogP contribution in [0.1, 0.15) is 42.7 Å². The SMILES string of the molecule is COc1cccc2[nH]c(C(=O)CC(CC(C)C)C(=O)NC(C#N)Cc3ccc[nH]c3=O)cc12.